The van der Waals surface area contributed by atoms with E-state index in [1.165, 1.54) is 16.0 Å². The molecule has 2 N–H and O–H groups in total. The first-order valence-electron chi connectivity index (χ1n) is 9.10. The fraction of sp³-hybridized carbons (Fsp3) is 0.450. The lowest BCUT2D eigenvalue weighted by Gasteiger charge is -2.37. The summed E-state index contributed by atoms with van der Waals surface area (Å²) >= 11 is 7.37. The van der Waals surface area contributed by atoms with E-state index in [0.717, 1.165) is 38.4 Å². The van der Waals surface area contributed by atoms with Gasteiger partial charge in [0.2, 0.25) is 0 Å². The zero-order valence-corrected chi connectivity index (χ0v) is 17.4. The van der Waals surface area contributed by atoms with E-state index in [4.69, 9.17) is 12.2 Å². The molecule has 4 nitrogen and oxygen atoms in total. The number of hydrogen-bond acceptors (Lipinski definition) is 4. The van der Waals surface area contributed by atoms with Crippen LogP contribution in [0.3, 0.4) is 0 Å². The third-order valence-corrected chi connectivity index (χ3v) is 6.01. The minimum Gasteiger partial charge on any atom is -0.360 e. The van der Waals surface area contributed by atoms with E-state index in [-0.39, 0.29) is 0 Å². The van der Waals surface area contributed by atoms with E-state index >= 15 is 0 Å². The first kappa shape index (κ1) is 19.3. The van der Waals surface area contributed by atoms with Crippen molar-refractivity contribution in [3.8, 4) is 0 Å². The summed E-state index contributed by atoms with van der Waals surface area (Å²) in [4.78, 5) is 6.36. The fourth-order valence-electron chi connectivity index (χ4n) is 3.44. The van der Waals surface area contributed by atoms with E-state index in [1.807, 2.05) is 11.3 Å². The van der Waals surface area contributed by atoms with Gasteiger partial charge in [0.15, 0.2) is 5.11 Å². The molecule has 1 fully saturated rings. The van der Waals surface area contributed by atoms with Crippen molar-refractivity contribution < 1.29 is 0 Å². The molecule has 1 aliphatic rings. The summed E-state index contributed by atoms with van der Waals surface area (Å²) < 4.78 is 0. The third kappa shape index (κ3) is 5.27. The molecule has 140 valence electrons. The van der Waals surface area contributed by atoms with Crippen LogP contribution < -0.4 is 10.6 Å². The van der Waals surface area contributed by atoms with Gasteiger partial charge >= 0.3 is 0 Å². The second-order valence-electron chi connectivity index (χ2n) is 7.08. The average Bonchev–Trinajstić information content (AvgIpc) is 3.10. The minimum absolute atomic E-state index is 0.364. The van der Waals surface area contributed by atoms with Crippen molar-refractivity contribution in [1.29, 1.82) is 0 Å². The van der Waals surface area contributed by atoms with Crippen LogP contribution in [0.2, 0.25) is 0 Å². The second-order valence-corrected chi connectivity index (χ2v) is 8.47. The van der Waals surface area contributed by atoms with E-state index in [0.29, 0.717) is 11.2 Å². The second kappa shape index (κ2) is 8.95. The molecule has 1 saturated heterocycles. The fourth-order valence-corrected chi connectivity index (χ4v) is 4.50. The molecule has 0 spiro atoms. The van der Waals surface area contributed by atoms with E-state index in [2.05, 4.69) is 77.0 Å². The van der Waals surface area contributed by atoms with Crippen LogP contribution >= 0.6 is 23.6 Å². The summed E-state index contributed by atoms with van der Waals surface area (Å²) in [6, 6.07) is 11.1. The SMILES string of the molecule is Cc1cc(C)cc(NC(=S)NCC(c2cccs2)N2CCN(C)CC2)c1. The number of anilines is 1. The maximum absolute atomic E-state index is 5.54. The van der Waals surface area contributed by atoms with E-state index < -0.39 is 0 Å². The monoisotopic (exact) mass is 388 g/mol. The molecular weight excluding hydrogens is 360 g/mol. The molecule has 0 saturated carbocycles. The Hall–Kier alpha value is -1.47. The number of thiocarbonyl (C=S) groups is 1. The molecule has 1 aromatic carbocycles. The number of benzene rings is 1. The quantitative estimate of drug-likeness (QED) is 0.764. The maximum Gasteiger partial charge on any atom is 0.170 e. The highest BCUT2D eigenvalue weighted by Gasteiger charge is 2.24. The van der Waals surface area contributed by atoms with Crippen molar-refractivity contribution in [3.05, 3.63) is 51.7 Å². The zero-order chi connectivity index (χ0) is 18.5. The number of nitrogens with one attached hydrogen (secondary N) is 2. The van der Waals surface area contributed by atoms with Crippen LogP contribution in [0.4, 0.5) is 5.69 Å². The molecule has 0 bridgehead atoms. The molecular formula is C20H28N4S2. The van der Waals surface area contributed by atoms with Crippen LogP contribution in [-0.2, 0) is 0 Å². The topological polar surface area (TPSA) is 30.5 Å². The predicted octanol–water partition coefficient (Wildman–Crippen LogP) is 3.64. The highest BCUT2D eigenvalue weighted by molar-refractivity contribution is 7.80. The lowest BCUT2D eigenvalue weighted by atomic mass is 10.1. The van der Waals surface area contributed by atoms with Gasteiger partial charge in [-0.25, -0.2) is 0 Å². The largest absolute Gasteiger partial charge is 0.360 e. The standard InChI is InChI=1S/C20H28N4S2/c1-15-11-16(2)13-17(12-15)22-20(25)21-14-18(19-5-4-10-26-19)24-8-6-23(3)7-9-24/h4-5,10-13,18H,6-9,14H2,1-3H3,(H2,21,22,25). The number of likely N-dealkylation sites (N-methyl/N-ethyl adjacent to an activating group) is 1. The molecule has 1 unspecified atom stereocenters. The minimum atomic E-state index is 0.364. The molecule has 26 heavy (non-hydrogen) atoms. The predicted molar refractivity (Wildman–Crippen MR) is 116 cm³/mol. The van der Waals surface area contributed by atoms with Gasteiger partial charge in [0.05, 0.1) is 6.04 Å². The molecule has 1 aromatic heterocycles. The van der Waals surface area contributed by atoms with Crippen molar-refractivity contribution >= 4 is 34.4 Å². The average molecular weight is 389 g/mol. The maximum atomic E-state index is 5.54. The van der Waals surface area contributed by atoms with E-state index in [9.17, 15) is 0 Å². The Morgan fingerprint density at radius 1 is 1.15 bits per heavy atom. The highest BCUT2D eigenvalue weighted by Crippen LogP contribution is 2.25. The lowest BCUT2D eigenvalue weighted by molar-refractivity contribution is 0.114. The van der Waals surface area contributed by atoms with Gasteiger partial charge in [-0.15, -0.1) is 11.3 Å². The molecule has 2 heterocycles. The number of nitrogens with zero attached hydrogens (tertiary/aromatic N) is 2. The molecule has 0 aliphatic carbocycles. The van der Waals surface area contributed by atoms with Gasteiger partial charge in [0.25, 0.3) is 0 Å². The molecule has 3 rings (SSSR count). The van der Waals surface area contributed by atoms with Crippen molar-refractivity contribution in [3.63, 3.8) is 0 Å². The van der Waals surface area contributed by atoms with Gasteiger partial charge in [-0.05, 0) is 67.8 Å². The van der Waals surface area contributed by atoms with Crippen LogP contribution in [0, 0.1) is 13.8 Å². The van der Waals surface area contributed by atoms with Crippen LogP contribution in [0.5, 0.6) is 0 Å². The molecule has 0 amide bonds. The zero-order valence-electron chi connectivity index (χ0n) is 15.8. The summed E-state index contributed by atoms with van der Waals surface area (Å²) in [6.45, 7) is 9.46. The Morgan fingerprint density at radius 3 is 2.46 bits per heavy atom. The molecule has 2 aromatic rings. The van der Waals surface area contributed by atoms with Gasteiger partial charge < -0.3 is 15.5 Å². The van der Waals surface area contributed by atoms with Crippen molar-refractivity contribution in [2.45, 2.75) is 19.9 Å². The summed E-state index contributed by atoms with van der Waals surface area (Å²) in [6.07, 6.45) is 0. The number of thiophene rings is 1. The Labute approximate surface area is 166 Å². The van der Waals surface area contributed by atoms with E-state index in [1.54, 1.807) is 0 Å². The number of piperazine rings is 1. The Balaban J connectivity index is 1.61. The summed E-state index contributed by atoms with van der Waals surface area (Å²) in [5.74, 6) is 0. The smallest absolute Gasteiger partial charge is 0.170 e. The summed E-state index contributed by atoms with van der Waals surface area (Å²) in [7, 11) is 2.19. The van der Waals surface area contributed by atoms with Crippen LogP contribution in [0.15, 0.2) is 35.7 Å². The van der Waals surface area contributed by atoms with Crippen LogP contribution in [0.1, 0.15) is 22.0 Å². The molecule has 1 aliphatic heterocycles. The van der Waals surface area contributed by atoms with Gasteiger partial charge in [0.1, 0.15) is 0 Å². The number of aryl methyl sites for hydroxylation is 2. The first-order valence-corrected chi connectivity index (χ1v) is 10.4. The third-order valence-electron chi connectivity index (χ3n) is 4.79. The van der Waals surface area contributed by atoms with Crippen molar-refractivity contribution in [1.82, 2.24) is 15.1 Å². The van der Waals surface area contributed by atoms with Crippen molar-refractivity contribution in [2.75, 3.05) is 45.1 Å². The van der Waals surface area contributed by atoms with Crippen LogP contribution in [-0.4, -0.2) is 54.7 Å². The van der Waals surface area contributed by atoms with Gasteiger partial charge in [0, 0.05) is 43.3 Å². The Bertz CT molecular complexity index is 701. The summed E-state index contributed by atoms with van der Waals surface area (Å²) in [5.41, 5.74) is 3.53. The van der Waals surface area contributed by atoms with Crippen LogP contribution in [0.25, 0.3) is 0 Å². The normalized spacial score (nSPS) is 17.0. The Kier molecular flexibility index (Phi) is 6.64. The molecule has 1 atom stereocenters. The highest BCUT2D eigenvalue weighted by atomic mass is 32.1. The van der Waals surface area contributed by atoms with Gasteiger partial charge in [-0.3, -0.25) is 4.90 Å². The number of hydrogen-bond donors (Lipinski definition) is 2. The first-order chi connectivity index (χ1) is 12.5. The molecule has 0 radical (unpaired) electrons. The Morgan fingerprint density at radius 2 is 1.85 bits per heavy atom. The van der Waals surface area contributed by atoms with Gasteiger partial charge in [-0.1, -0.05) is 12.1 Å². The summed E-state index contributed by atoms with van der Waals surface area (Å²) in [5, 5.41) is 9.61. The van der Waals surface area contributed by atoms with Crippen molar-refractivity contribution in [2.24, 2.45) is 0 Å². The molecule has 6 heteroatoms. The van der Waals surface area contributed by atoms with Gasteiger partial charge in [-0.2, -0.15) is 0 Å². The lowest BCUT2D eigenvalue weighted by Crippen LogP contribution is -2.48. The number of rotatable bonds is 5.